The quantitative estimate of drug-likeness (QED) is 0.115. The van der Waals surface area contributed by atoms with Gasteiger partial charge in [0.05, 0.1) is 28.7 Å². The first-order valence-electron chi connectivity index (χ1n) is 16.3. The van der Waals surface area contributed by atoms with Crippen LogP contribution in [0, 0.1) is 6.92 Å². The highest BCUT2D eigenvalue weighted by atomic mass is 32.2. The normalized spacial score (nSPS) is 18.3. The Hall–Kier alpha value is -4.36. The number of carbonyl (C=O) groups excluding carboxylic acids is 1. The van der Waals surface area contributed by atoms with Gasteiger partial charge in [0.15, 0.2) is 6.29 Å². The second kappa shape index (κ2) is 16.6. The summed E-state index contributed by atoms with van der Waals surface area (Å²) < 4.78 is 42.4. The lowest BCUT2D eigenvalue weighted by molar-refractivity contribution is -0.245. The summed E-state index contributed by atoms with van der Waals surface area (Å²) in [6.45, 7) is 1.84. The minimum absolute atomic E-state index is 0.0427. The smallest absolute Gasteiger partial charge is 0.242 e. The summed E-state index contributed by atoms with van der Waals surface area (Å²) in [5.41, 5.74) is 4.70. The third-order valence-corrected chi connectivity index (χ3v) is 10.9. The Kier molecular flexibility index (Phi) is 11.7. The Morgan fingerprint density at radius 3 is 2.36 bits per heavy atom. The van der Waals surface area contributed by atoms with Gasteiger partial charge in [-0.3, -0.25) is 4.79 Å². The number of sulfonamides is 1. The number of nitrogens with zero attached hydrogens (tertiary/aromatic N) is 1. The summed E-state index contributed by atoms with van der Waals surface area (Å²) in [5.74, 6) is 0.152. The van der Waals surface area contributed by atoms with Gasteiger partial charge in [0, 0.05) is 29.6 Å². The number of rotatable bonds is 13. The number of hydrogen-bond donors (Lipinski definition) is 3. The van der Waals surface area contributed by atoms with E-state index in [9.17, 15) is 18.3 Å². The van der Waals surface area contributed by atoms with Crippen molar-refractivity contribution in [2.24, 2.45) is 0 Å². The molecule has 3 N–H and O–H groups in total. The lowest BCUT2D eigenvalue weighted by atomic mass is 10.0. The molecule has 0 radical (unpaired) electrons. The van der Waals surface area contributed by atoms with Crippen LogP contribution in [-0.2, 0) is 37.3 Å². The molecular formula is C39H39N3O6S2. The van der Waals surface area contributed by atoms with Gasteiger partial charge in [-0.1, -0.05) is 90.5 Å². The van der Waals surface area contributed by atoms with E-state index < -0.39 is 28.3 Å². The first-order valence-corrected chi connectivity index (χ1v) is 18.8. The van der Waals surface area contributed by atoms with Crippen LogP contribution in [0.15, 0.2) is 137 Å². The van der Waals surface area contributed by atoms with Crippen LogP contribution in [0.25, 0.3) is 0 Å². The number of aliphatic hydroxyl groups excluding tert-OH is 1. The molecule has 9 nitrogen and oxygen atoms in total. The SMILES string of the molecule is Cc1ccc(S(=O)(=O)N[C@H](Cc2ccccc2)C(=O)Nc2cccc([C@@H]3O[C@H](CSc4ccccn4)C[C@H](c4ccc(CO)cc4)O3)c2)cc1. The second-order valence-electron chi connectivity index (χ2n) is 12.1. The van der Waals surface area contributed by atoms with Crippen LogP contribution in [0.1, 0.15) is 46.6 Å². The highest BCUT2D eigenvalue weighted by Gasteiger charge is 2.33. The number of carbonyl (C=O) groups is 1. The third kappa shape index (κ3) is 9.45. The third-order valence-electron chi connectivity index (χ3n) is 8.32. The van der Waals surface area contributed by atoms with Crippen molar-refractivity contribution < 1.29 is 27.8 Å². The number of nitrogens with one attached hydrogen (secondary N) is 2. The second-order valence-corrected chi connectivity index (χ2v) is 14.9. The molecule has 1 amide bonds. The van der Waals surface area contributed by atoms with Crippen LogP contribution >= 0.6 is 11.8 Å². The van der Waals surface area contributed by atoms with E-state index in [1.54, 1.807) is 48.3 Å². The number of hydrogen-bond acceptors (Lipinski definition) is 8. The van der Waals surface area contributed by atoms with Crippen molar-refractivity contribution in [2.45, 2.75) is 60.8 Å². The lowest BCUT2D eigenvalue weighted by Crippen LogP contribution is -2.45. The van der Waals surface area contributed by atoms with Crippen LogP contribution in [0.4, 0.5) is 5.69 Å². The van der Waals surface area contributed by atoms with Crippen molar-refractivity contribution in [1.82, 2.24) is 9.71 Å². The summed E-state index contributed by atoms with van der Waals surface area (Å²) in [6, 6.07) is 35.4. The van der Waals surface area contributed by atoms with E-state index in [1.165, 1.54) is 12.1 Å². The molecule has 11 heteroatoms. The van der Waals surface area contributed by atoms with Crippen molar-refractivity contribution in [2.75, 3.05) is 11.1 Å². The maximum atomic E-state index is 13.8. The summed E-state index contributed by atoms with van der Waals surface area (Å²) in [5, 5.41) is 13.4. The minimum atomic E-state index is -4.00. The number of thioether (sulfide) groups is 1. The fourth-order valence-electron chi connectivity index (χ4n) is 5.64. The average molecular weight is 710 g/mol. The zero-order valence-electron chi connectivity index (χ0n) is 27.5. The molecule has 0 aliphatic carbocycles. The number of aliphatic hydroxyl groups is 1. The molecule has 0 spiro atoms. The maximum Gasteiger partial charge on any atom is 0.242 e. The van der Waals surface area contributed by atoms with Gasteiger partial charge in [0.25, 0.3) is 0 Å². The molecule has 0 unspecified atom stereocenters. The van der Waals surface area contributed by atoms with Crippen LogP contribution in [0.5, 0.6) is 0 Å². The Balaban J connectivity index is 1.22. The monoisotopic (exact) mass is 709 g/mol. The van der Waals surface area contributed by atoms with E-state index in [0.717, 1.165) is 27.3 Å². The van der Waals surface area contributed by atoms with Gasteiger partial charge >= 0.3 is 0 Å². The fraction of sp³-hybridized carbons (Fsp3) is 0.231. The van der Waals surface area contributed by atoms with Gasteiger partial charge in [0.2, 0.25) is 15.9 Å². The number of ether oxygens (including phenoxy) is 2. The van der Waals surface area contributed by atoms with Gasteiger partial charge in [-0.2, -0.15) is 4.72 Å². The Morgan fingerprint density at radius 2 is 1.64 bits per heavy atom. The van der Waals surface area contributed by atoms with Crippen LogP contribution in [0.2, 0.25) is 0 Å². The molecule has 1 aromatic heterocycles. The van der Waals surface area contributed by atoms with Crippen LogP contribution in [0.3, 0.4) is 0 Å². The molecule has 50 heavy (non-hydrogen) atoms. The Labute approximate surface area is 297 Å². The number of aryl methyl sites for hydroxylation is 1. The molecule has 4 atom stereocenters. The molecule has 258 valence electrons. The fourth-order valence-corrected chi connectivity index (χ4v) is 7.71. The van der Waals surface area contributed by atoms with Gasteiger partial charge < -0.3 is 19.9 Å². The molecule has 1 aliphatic heterocycles. The number of anilines is 1. The summed E-state index contributed by atoms with van der Waals surface area (Å²) >= 11 is 1.61. The average Bonchev–Trinajstić information content (AvgIpc) is 3.14. The molecule has 1 saturated heterocycles. The summed E-state index contributed by atoms with van der Waals surface area (Å²) in [4.78, 5) is 18.3. The number of pyridine rings is 1. The van der Waals surface area contributed by atoms with E-state index in [-0.39, 0.29) is 30.1 Å². The largest absolute Gasteiger partial charge is 0.392 e. The topological polar surface area (TPSA) is 127 Å². The van der Waals surface area contributed by atoms with Crippen molar-refractivity contribution in [1.29, 1.82) is 0 Å². The molecule has 5 aromatic rings. The highest BCUT2D eigenvalue weighted by Crippen LogP contribution is 2.39. The molecule has 1 fully saturated rings. The zero-order chi connectivity index (χ0) is 34.9. The number of benzene rings is 4. The Bertz CT molecular complexity index is 1960. The zero-order valence-corrected chi connectivity index (χ0v) is 29.1. The minimum Gasteiger partial charge on any atom is -0.392 e. The molecule has 4 aromatic carbocycles. The van der Waals surface area contributed by atoms with Gasteiger partial charge in [-0.05, 0) is 66.4 Å². The van der Waals surface area contributed by atoms with E-state index in [4.69, 9.17) is 9.47 Å². The highest BCUT2D eigenvalue weighted by molar-refractivity contribution is 7.99. The summed E-state index contributed by atoms with van der Waals surface area (Å²) in [7, 11) is -4.00. The molecule has 0 bridgehead atoms. The summed E-state index contributed by atoms with van der Waals surface area (Å²) in [6.07, 6.45) is 1.34. The van der Waals surface area contributed by atoms with Gasteiger partial charge in [0.1, 0.15) is 6.04 Å². The van der Waals surface area contributed by atoms with Crippen molar-refractivity contribution in [3.05, 3.63) is 155 Å². The molecule has 1 aliphatic rings. The lowest BCUT2D eigenvalue weighted by Gasteiger charge is -2.36. The first-order chi connectivity index (χ1) is 24.3. The van der Waals surface area contributed by atoms with Crippen LogP contribution in [-0.4, -0.2) is 42.3 Å². The van der Waals surface area contributed by atoms with Crippen molar-refractivity contribution >= 4 is 33.4 Å². The van der Waals surface area contributed by atoms with E-state index in [2.05, 4.69) is 15.0 Å². The first kappa shape index (κ1) is 35.5. The van der Waals surface area contributed by atoms with Crippen LogP contribution < -0.4 is 10.0 Å². The Morgan fingerprint density at radius 1 is 0.880 bits per heavy atom. The van der Waals surface area contributed by atoms with Gasteiger partial charge in [-0.15, -0.1) is 11.8 Å². The molecule has 6 rings (SSSR count). The molecule has 0 saturated carbocycles. The number of aromatic nitrogens is 1. The number of amides is 1. The maximum absolute atomic E-state index is 13.8. The van der Waals surface area contributed by atoms with E-state index in [0.29, 0.717) is 23.4 Å². The predicted molar refractivity (Wildman–Crippen MR) is 194 cm³/mol. The van der Waals surface area contributed by atoms with Crippen molar-refractivity contribution in [3.63, 3.8) is 0 Å². The van der Waals surface area contributed by atoms with E-state index >= 15 is 0 Å². The standard InChI is InChI=1S/C39H39N3O6S2/c1-27-13-19-34(20-14-27)50(45,46)42-35(22-28-8-3-2-4-9-28)38(44)41-32-11-7-10-31(23-32)39-47-33(26-49-37-12-5-6-21-40-37)24-36(48-39)30-17-15-29(25-43)16-18-30/h2-21,23,33,35-36,39,42-43H,22,24-26H2,1H3,(H,41,44)/t33-,35+,36+,39+/m0/s1. The van der Waals surface area contributed by atoms with E-state index in [1.807, 2.05) is 85.8 Å². The molecule has 2 heterocycles. The predicted octanol–water partition coefficient (Wildman–Crippen LogP) is 6.75. The molecular weight excluding hydrogens is 671 g/mol. The van der Waals surface area contributed by atoms with Gasteiger partial charge in [-0.25, -0.2) is 13.4 Å². The van der Waals surface area contributed by atoms with Crippen molar-refractivity contribution in [3.8, 4) is 0 Å².